The first-order valence-electron chi connectivity index (χ1n) is 6.00. The Morgan fingerprint density at radius 2 is 2.00 bits per heavy atom. The van der Waals surface area contributed by atoms with E-state index in [1.54, 1.807) is 24.3 Å². The molecule has 1 heterocycles. The third kappa shape index (κ3) is 2.55. The van der Waals surface area contributed by atoms with E-state index in [4.69, 9.17) is 0 Å². The largest absolute Gasteiger partial charge is 0.303 e. The van der Waals surface area contributed by atoms with Gasteiger partial charge in [-0.25, -0.2) is 4.39 Å². The van der Waals surface area contributed by atoms with E-state index in [9.17, 15) is 9.18 Å². The van der Waals surface area contributed by atoms with Crippen LogP contribution in [0.4, 0.5) is 4.39 Å². The Balaban J connectivity index is 2.24. The molecule has 1 unspecified atom stereocenters. The number of likely N-dealkylation sites (N-methyl/N-ethyl adjacent to an activating group) is 1. The molecule has 1 fully saturated rings. The van der Waals surface area contributed by atoms with Gasteiger partial charge in [0.25, 0.3) is 0 Å². The zero-order valence-electron chi connectivity index (χ0n) is 10.4. The Kier molecular flexibility index (Phi) is 3.29. The number of ketones is 1. The van der Waals surface area contributed by atoms with Crippen LogP contribution in [0.2, 0.25) is 0 Å². The second-order valence-electron chi connectivity index (χ2n) is 4.94. The molecule has 0 bridgehead atoms. The van der Waals surface area contributed by atoms with E-state index < -0.39 is 5.67 Å². The fourth-order valence-corrected chi connectivity index (χ4v) is 2.45. The molecule has 1 aromatic carbocycles. The second-order valence-corrected chi connectivity index (χ2v) is 4.94. The molecule has 1 aliphatic rings. The normalized spacial score (nSPS) is 25.8. The number of carbonyl (C=O) groups excluding carboxylic acids is 1. The number of carbonyl (C=O) groups is 1. The zero-order valence-corrected chi connectivity index (χ0v) is 10.4. The highest BCUT2D eigenvalue weighted by atomic mass is 19.1. The highest BCUT2D eigenvalue weighted by molar-refractivity contribution is 5.94. The van der Waals surface area contributed by atoms with E-state index in [0.29, 0.717) is 24.1 Å². The molecule has 1 atom stereocenters. The number of rotatable bonds is 2. The van der Waals surface area contributed by atoms with Crippen LogP contribution in [0.25, 0.3) is 0 Å². The van der Waals surface area contributed by atoms with E-state index >= 15 is 0 Å². The molecule has 0 amide bonds. The monoisotopic (exact) mass is 235 g/mol. The lowest BCUT2D eigenvalue weighted by Gasteiger charge is -2.35. The summed E-state index contributed by atoms with van der Waals surface area (Å²) in [5.41, 5.74) is 0.0676. The molecule has 17 heavy (non-hydrogen) atoms. The highest BCUT2D eigenvalue weighted by Crippen LogP contribution is 2.35. The van der Waals surface area contributed by atoms with Gasteiger partial charge in [0.1, 0.15) is 5.67 Å². The van der Waals surface area contributed by atoms with Gasteiger partial charge in [-0.2, -0.15) is 0 Å². The Morgan fingerprint density at radius 3 is 2.53 bits per heavy atom. The zero-order chi connectivity index (χ0) is 12.5. The predicted octanol–water partition coefficient (Wildman–Crippen LogP) is 2.78. The number of alkyl halides is 1. The van der Waals surface area contributed by atoms with E-state index in [2.05, 4.69) is 0 Å². The number of hydrogen-bond acceptors (Lipinski definition) is 2. The number of piperidine rings is 1. The minimum absolute atomic E-state index is 0.0187. The van der Waals surface area contributed by atoms with Gasteiger partial charge in [-0.1, -0.05) is 24.3 Å². The number of halogens is 1. The summed E-state index contributed by atoms with van der Waals surface area (Å²) in [4.78, 5) is 13.2. The molecule has 0 aromatic heterocycles. The number of nitrogens with zero attached hydrogens (tertiary/aromatic N) is 1. The summed E-state index contributed by atoms with van der Waals surface area (Å²) in [6, 6.07) is 6.92. The van der Waals surface area contributed by atoms with Crippen molar-refractivity contribution in [3.63, 3.8) is 0 Å². The number of Topliss-reactive ketones (excluding diaryl/α,β-unsaturated/α-hetero) is 1. The molecule has 2 rings (SSSR count). The summed E-state index contributed by atoms with van der Waals surface area (Å²) < 4.78 is 14.8. The Bertz CT molecular complexity index is 415. The van der Waals surface area contributed by atoms with Crippen LogP contribution in [0, 0.1) is 0 Å². The van der Waals surface area contributed by atoms with Gasteiger partial charge in [0.15, 0.2) is 5.78 Å². The maximum Gasteiger partial charge on any atom is 0.159 e. The van der Waals surface area contributed by atoms with Gasteiger partial charge in [-0.15, -0.1) is 0 Å². The van der Waals surface area contributed by atoms with Crippen LogP contribution < -0.4 is 0 Å². The minimum atomic E-state index is -1.26. The Morgan fingerprint density at radius 1 is 1.35 bits per heavy atom. The topological polar surface area (TPSA) is 20.3 Å². The lowest BCUT2D eigenvalue weighted by Crippen LogP contribution is -2.41. The molecule has 92 valence electrons. The van der Waals surface area contributed by atoms with Crippen LogP contribution >= 0.6 is 0 Å². The molecule has 0 radical (unpaired) electrons. The van der Waals surface area contributed by atoms with Gasteiger partial charge in [-0.05, 0) is 38.9 Å². The first-order valence-corrected chi connectivity index (χ1v) is 6.00. The maximum atomic E-state index is 14.8. The molecular formula is C14H18FNO. The molecule has 0 saturated carbocycles. The Labute approximate surface area is 101 Å². The van der Waals surface area contributed by atoms with Crippen LogP contribution in [-0.4, -0.2) is 30.8 Å². The van der Waals surface area contributed by atoms with E-state index in [0.717, 1.165) is 13.0 Å². The summed E-state index contributed by atoms with van der Waals surface area (Å²) in [7, 11) is 1.94. The second kappa shape index (κ2) is 4.57. The standard InChI is InChI=1S/C14H18FNO/c1-11(17)12-4-6-13(7-5-12)14(15)8-3-9-16(2)10-14/h4-7H,3,8-10H2,1-2H3. The van der Waals surface area contributed by atoms with Crippen molar-refractivity contribution in [1.82, 2.24) is 4.90 Å². The van der Waals surface area contributed by atoms with Crippen LogP contribution in [0.3, 0.4) is 0 Å². The first-order chi connectivity index (χ1) is 8.01. The maximum absolute atomic E-state index is 14.8. The van der Waals surface area contributed by atoms with Gasteiger partial charge in [0.05, 0.1) is 0 Å². The van der Waals surface area contributed by atoms with Crippen molar-refractivity contribution in [2.24, 2.45) is 0 Å². The molecular weight excluding hydrogens is 217 g/mol. The van der Waals surface area contributed by atoms with Gasteiger partial charge in [-0.3, -0.25) is 4.79 Å². The van der Waals surface area contributed by atoms with E-state index in [1.807, 2.05) is 11.9 Å². The van der Waals surface area contributed by atoms with Crippen LogP contribution in [0.1, 0.15) is 35.7 Å². The molecule has 2 nitrogen and oxygen atoms in total. The highest BCUT2D eigenvalue weighted by Gasteiger charge is 2.35. The van der Waals surface area contributed by atoms with E-state index in [-0.39, 0.29) is 5.78 Å². The van der Waals surface area contributed by atoms with Crippen LogP contribution in [0.5, 0.6) is 0 Å². The number of benzene rings is 1. The third-order valence-corrected chi connectivity index (χ3v) is 3.44. The van der Waals surface area contributed by atoms with Gasteiger partial charge < -0.3 is 4.90 Å². The molecule has 1 aliphatic heterocycles. The quantitative estimate of drug-likeness (QED) is 0.735. The molecule has 0 N–H and O–H groups in total. The molecule has 1 saturated heterocycles. The predicted molar refractivity (Wildman–Crippen MR) is 66.0 cm³/mol. The smallest absolute Gasteiger partial charge is 0.159 e. The minimum Gasteiger partial charge on any atom is -0.303 e. The average molecular weight is 235 g/mol. The summed E-state index contributed by atoms with van der Waals surface area (Å²) in [5, 5.41) is 0. The van der Waals surface area contributed by atoms with Gasteiger partial charge in [0.2, 0.25) is 0 Å². The van der Waals surface area contributed by atoms with Gasteiger partial charge in [0, 0.05) is 12.1 Å². The summed E-state index contributed by atoms with van der Waals surface area (Å²) in [6.45, 7) is 2.91. The molecule has 0 spiro atoms. The van der Waals surface area contributed by atoms with Crippen molar-refractivity contribution >= 4 is 5.78 Å². The summed E-state index contributed by atoms with van der Waals surface area (Å²) >= 11 is 0. The van der Waals surface area contributed by atoms with E-state index in [1.165, 1.54) is 6.92 Å². The van der Waals surface area contributed by atoms with Gasteiger partial charge >= 0.3 is 0 Å². The molecule has 3 heteroatoms. The third-order valence-electron chi connectivity index (χ3n) is 3.44. The lowest BCUT2D eigenvalue weighted by atomic mass is 9.87. The lowest BCUT2D eigenvalue weighted by molar-refractivity contribution is 0.0563. The van der Waals surface area contributed by atoms with Crippen molar-refractivity contribution in [1.29, 1.82) is 0 Å². The van der Waals surface area contributed by atoms with Crippen molar-refractivity contribution in [2.75, 3.05) is 20.1 Å². The van der Waals surface area contributed by atoms with Crippen molar-refractivity contribution in [3.05, 3.63) is 35.4 Å². The molecule has 1 aromatic rings. The average Bonchev–Trinajstić information content (AvgIpc) is 2.29. The summed E-state index contributed by atoms with van der Waals surface area (Å²) in [6.07, 6.45) is 1.44. The summed E-state index contributed by atoms with van der Waals surface area (Å²) in [5.74, 6) is 0.0187. The Hall–Kier alpha value is -1.22. The van der Waals surface area contributed by atoms with Crippen molar-refractivity contribution < 1.29 is 9.18 Å². The number of hydrogen-bond donors (Lipinski definition) is 0. The molecule has 0 aliphatic carbocycles. The first kappa shape index (κ1) is 12.2. The van der Waals surface area contributed by atoms with Crippen LogP contribution in [-0.2, 0) is 5.67 Å². The van der Waals surface area contributed by atoms with Crippen molar-refractivity contribution in [3.8, 4) is 0 Å². The van der Waals surface area contributed by atoms with Crippen LogP contribution in [0.15, 0.2) is 24.3 Å². The van der Waals surface area contributed by atoms with Crippen molar-refractivity contribution in [2.45, 2.75) is 25.4 Å². The fraction of sp³-hybridized carbons (Fsp3) is 0.500. The SMILES string of the molecule is CC(=O)c1ccc(C2(F)CCCN(C)C2)cc1. The fourth-order valence-electron chi connectivity index (χ4n) is 2.45. The number of likely N-dealkylation sites (tertiary alicyclic amines) is 1.